The summed E-state index contributed by atoms with van der Waals surface area (Å²) in [6.07, 6.45) is 2.18. The fourth-order valence-electron chi connectivity index (χ4n) is 2.28. The van der Waals surface area contributed by atoms with E-state index in [-0.39, 0.29) is 11.5 Å². The summed E-state index contributed by atoms with van der Waals surface area (Å²) in [4.78, 5) is 0. The Morgan fingerprint density at radius 3 is 2.76 bits per heavy atom. The molecule has 0 aliphatic carbocycles. The molecule has 1 aromatic rings. The number of nitrogens with two attached hydrogens (primary N) is 1. The van der Waals surface area contributed by atoms with Crippen LogP contribution < -0.4 is 10.5 Å². The standard InChI is InChI=1S/C15H23NO/c1-15(2,3)14(16)9-8-11-10-17-13-7-5-4-6-12(11)13/h4-7,11,14H,8-10,16H2,1-3H3. The molecule has 1 heterocycles. The first-order valence-corrected chi connectivity index (χ1v) is 6.46. The van der Waals surface area contributed by atoms with Gasteiger partial charge in [0.05, 0.1) is 6.61 Å². The van der Waals surface area contributed by atoms with Crippen molar-refractivity contribution in [1.82, 2.24) is 0 Å². The van der Waals surface area contributed by atoms with Gasteiger partial charge >= 0.3 is 0 Å². The maximum Gasteiger partial charge on any atom is 0.122 e. The summed E-state index contributed by atoms with van der Waals surface area (Å²) >= 11 is 0. The molecule has 17 heavy (non-hydrogen) atoms. The van der Waals surface area contributed by atoms with Crippen molar-refractivity contribution in [3.8, 4) is 5.75 Å². The van der Waals surface area contributed by atoms with Crippen LogP contribution in [-0.2, 0) is 0 Å². The zero-order chi connectivity index (χ0) is 12.5. The number of hydrogen-bond acceptors (Lipinski definition) is 2. The lowest BCUT2D eigenvalue weighted by Gasteiger charge is -2.27. The summed E-state index contributed by atoms with van der Waals surface area (Å²) in [6.45, 7) is 7.43. The van der Waals surface area contributed by atoms with E-state index in [1.54, 1.807) is 0 Å². The molecule has 2 rings (SSSR count). The molecule has 0 saturated carbocycles. The molecule has 0 saturated heterocycles. The van der Waals surface area contributed by atoms with Crippen LogP contribution in [0.15, 0.2) is 24.3 Å². The fraction of sp³-hybridized carbons (Fsp3) is 0.600. The minimum absolute atomic E-state index is 0.193. The van der Waals surface area contributed by atoms with Gasteiger partial charge in [-0.2, -0.15) is 0 Å². The topological polar surface area (TPSA) is 35.2 Å². The van der Waals surface area contributed by atoms with Gasteiger partial charge in [-0.25, -0.2) is 0 Å². The molecule has 1 aliphatic heterocycles. The number of para-hydroxylation sites is 1. The normalized spacial score (nSPS) is 20.8. The van der Waals surface area contributed by atoms with Crippen molar-refractivity contribution < 1.29 is 4.74 Å². The molecular formula is C15H23NO. The van der Waals surface area contributed by atoms with Gasteiger partial charge in [-0.15, -0.1) is 0 Å². The van der Waals surface area contributed by atoms with Crippen LogP contribution in [0.2, 0.25) is 0 Å². The highest BCUT2D eigenvalue weighted by molar-refractivity contribution is 5.39. The fourth-order valence-corrected chi connectivity index (χ4v) is 2.28. The zero-order valence-corrected chi connectivity index (χ0v) is 11.1. The number of fused-ring (bicyclic) bond motifs is 1. The van der Waals surface area contributed by atoms with Crippen LogP contribution in [0, 0.1) is 5.41 Å². The molecule has 0 spiro atoms. The largest absolute Gasteiger partial charge is 0.493 e. The summed E-state index contributed by atoms with van der Waals surface area (Å²) in [5, 5.41) is 0. The average Bonchev–Trinajstić information content (AvgIpc) is 2.68. The molecule has 2 N–H and O–H groups in total. The van der Waals surface area contributed by atoms with Gasteiger partial charge in [0, 0.05) is 17.5 Å². The minimum atomic E-state index is 0.193. The Morgan fingerprint density at radius 1 is 1.35 bits per heavy atom. The quantitative estimate of drug-likeness (QED) is 0.869. The van der Waals surface area contributed by atoms with Gasteiger partial charge < -0.3 is 10.5 Å². The van der Waals surface area contributed by atoms with Crippen LogP contribution in [0.25, 0.3) is 0 Å². The molecule has 1 aliphatic rings. The number of ether oxygens (including phenoxy) is 1. The van der Waals surface area contributed by atoms with Gasteiger partial charge in [0.25, 0.3) is 0 Å². The van der Waals surface area contributed by atoms with Gasteiger partial charge in [-0.1, -0.05) is 39.0 Å². The van der Waals surface area contributed by atoms with Crippen molar-refractivity contribution in [2.45, 2.75) is 45.6 Å². The Kier molecular flexibility index (Phi) is 3.43. The van der Waals surface area contributed by atoms with Gasteiger partial charge in [0.15, 0.2) is 0 Å². The lowest BCUT2D eigenvalue weighted by atomic mass is 9.82. The maximum atomic E-state index is 6.21. The van der Waals surface area contributed by atoms with Crippen molar-refractivity contribution in [3.63, 3.8) is 0 Å². The molecule has 2 nitrogen and oxygen atoms in total. The van der Waals surface area contributed by atoms with E-state index in [0.29, 0.717) is 5.92 Å². The molecule has 2 heteroatoms. The Balaban J connectivity index is 1.94. The van der Waals surface area contributed by atoms with E-state index >= 15 is 0 Å². The Bertz CT molecular complexity index is 381. The summed E-state index contributed by atoms with van der Waals surface area (Å²) in [6, 6.07) is 8.61. The molecule has 1 aromatic carbocycles. The van der Waals surface area contributed by atoms with Gasteiger partial charge in [-0.05, 0) is 24.3 Å². The van der Waals surface area contributed by atoms with Crippen LogP contribution in [0.5, 0.6) is 5.75 Å². The van der Waals surface area contributed by atoms with Crippen LogP contribution in [0.4, 0.5) is 0 Å². The number of hydrogen-bond donors (Lipinski definition) is 1. The monoisotopic (exact) mass is 233 g/mol. The highest BCUT2D eigenvalue weighted by Crippen LogP contribution is 2.37. The second-order valence-corrected chi connectivity index (χ2v) is 6.10. The Hall–Kier alpha value is -1.02. The lowest BCUT2D eigenvalue weighted by Crippen LogP contribution is -2.35. The first-order chi connectivity index (χ1) is 7.98. The first-order valence-electron chi connectivity index (χ1n) is 6.46. The van der Waals surface area contributed by atoms with Crippen molar-refractivity contribution in [2.75, 3.05) is 6.61 Å². The lowest BCUT2D eigenvalue weighted by molar-refractivity contribution is 0.278. The van der Waals surface area contributed by atoms with E-state index in [9.17, 15) is 0 Å². The van der Waals surface area contributed by atoms with Crippen molar-refractivity contribution in [1.29, 1.82) is 0 Å². The summed E-state index contributed by atoms with van der Waals surface area (Å²) in [5.74, 6) is 1.58. The highest BCUT2D eigenvalue weighted by Gasteiger charge is 2.26. The second kappa shape index (κ2) is 4.69. The molecule has 2 atom stereocenters. The molecular weight excluding hydrogens is 210 g/mol. The van der Waals surface area contributed by atoms with E-state index in [1.807, 2.05) is 6.07 Å². The minimum Gasteiger partial charge on any atom is -0.493 e. The molecule has 0 amide bonds. The summed E-state index contributed by atoms with van der Waals surface area (Å²) in [7, 11) is 0. The maximum absolute atomic E-state index is 6.21. The third-order valence-electron chi connectivity index (χ3n) is 3.74. The van der Waals surface area contributed by atoms with E-state index in [1.165, 1.54) is 5.56 Å². The van der Waals surface area contributed by atoms with Crippen LogP contribution in [0.3, 0.4) is 0 Å². The zero-order valence-electron chi connectivity index (χ0n) is 11.1. The van der Waals surface area contributed by atoms with Gasteiger partial charge in [-0.3, -0.25) is 0 Å². The molecule has 0 fully saturated rings. The molecule has 0 bridgehead atoms. The second-order valence-electron chi connectivity index (χ2n) is 6.10. The van der Waals surface area contributed by atoms with Crippen LogP contribution in [-0.4, -0.2) is 12.6 Å². The molecule has 0 radical (unpaired) electrons. The number of benzene rings is 1. The van der Waals surface area contributed by atoms with Crippen molar-refractivity contribution in [2.24, 2.45) is 11.1 Å². The highest BCUT2D eigenvalue weighted by atomic mass is 16.5. The molecule has 2 unspecified atom stereocenters. The van der Waals surface area contributed by atoms with E-state index in [4.69, 9.17) is 10.5 Å². The van der Waals surface area contributed by atoms with Gasteiger partial charge in [0.2, 0.25) is 0 Å². The third kappa shape index (κ3) is 2.81. The Morgan fingerprint density at radius 2 is 2.06 bits per heavy atom. The van der Waals surface area contributed by atoms with Crippen LogP contribution >= 0.6 is 0 Å². The third-order valence-corrected chi connectivity index (χ3v) is 3.74. The SMILES string of the molecule is CC(C)(C)C(N)CCC1COc2ccccc21. The van der Waals surface area contributed by atoms with Gasteiger partial charge in [0.1, 0.15) is 5.75 Å². The van der Waals surface area contributed by atoms with Crippen molar-refractivity contribution in [3.05, 3.63) is 29.8 Å². The predicted molar refractivity (Wildman–Crippen MR) is 71.3 cm³/mol. The number of rotatable bonds is 3. The van der Waals surface area contributed by atoms with Crippen molar-refractivity contribution >= 4 is 0 Å². The summed E-state index contributed by atoms with van der Waals surface area (Å²) < 4.78 is 5.69. The van der Waals surface area contributed by atoms with E-state index in [2.05, 4.69) is 39.0 Å². The van der Waals surface area contributed by atoms with E-state index in [0.717, 1.165) is 25.2 Å². The first kappa shape index (κ1) is 12.4. The van der Waals surface area contributed by atoms with Crippen LogP contribution in [0.1, 0.15) is 45.1 Å². The smallest absolute Gasteiger partial charge is 0.122 e. The molecule has 94 valence electrons. The van der Waals surface area contributed by atoms with E-state index < -0.39 is 0 Å². The average molecular weight is 233 g/mol. The molecule has 0 aromatic heterocycles. The predicted octanol–water partition coefficient (Wildman–Crippen LogP) is 3.32. The Labute approximate surface area is 104 Å². The summed E-state index contributed by atoms with van der Waals surface area (Å²) in [5.41, 5.74) is 7.76.